The van der Waals surface area contributed by atoms with Gasteiger partial charge in [-0.1, -0.05) is 30.7 Å². The van der Waals surface area contributed by atoms with Crippen molar-refractivity contribution < 1.29 is 19.1 Å². The number of amides is 1. The Bertz CT molecular complexity index is 924. The second-order valence-corrected chi connectivity index (χ2v) is 8.58. The first kappa shape index (κ1) is 19.7. The molecule has 5 atom stereocenters. The average Bonchev–Trinajstić information content (AvgIpc) is 3.36. The number of nitrogens with one attached hydrogen (secondary N) is 1. The maximum Gasteiger partial charge on any atom is 0.342 e. The summed E-state index contributed by atoms with van der Waals surface area (Å²) in [6, 6.07) is 11.4. The maximum atomic E-state index is 12.7. The van der Waals surface area contributed by atoms with Crippen LogP contribution in [0.15, 0.2) is 36.4 Å². The summed E-state index contributed by atoms with van der Waals surface area (Å²) in [5.74, 6) is 1.75. The van der Waals surface area contributed by atoms with Crippen LogP contribution in [0.1, 0.15) is 49.9 Å². The zero-order valence-electron chi connectivity index (χ0n) is 17.3. The lowest BCUT2D eigenvalue weighted by Gasteiger charge is -2.29. The summed E-state index contributed by atoms with van der Waals surface area (Å²) in [5, 5.41) is 4.97. The summed E-state index contributed by atoms with van der Waals surface area (Å²) in [6.45, 7) is 3.69. The second-order valence-electron chi connectivity index (χ2n) is 8.58. The van der Waals surface area contributed by atoms with Gasteiger partial charge in [0.1, 0.15) is 11.3 Å². The van der Waals surface area contributed by atoms with Crippen LogP contribution in [0.5, 0.6) is 5.75 Å². The van der Waals surface area contributed by atoms with Gasteiger partial charge in [-0.3, -0.25) is 4.79 Å². The predicted octanol–water partition coefficient (Wildman–Crippen LogP) is 4.33. The van der Waals surface area contributed by atoms with Crippen LogP contribution in [-0.4, -0.2) is 31.1 Å². The number of benzene rings is 2. The van der Waals surface area contributed by atoms with Crippen molar-refractivity contribution in [3.8, 4) is 5.75 Å². The highest BCUT2D eigenvalue weighted by molar-refractivity contribution is 5.99. The fourth-order valence-corrected chi connectivity index (χ4v) is 5.18. The Hall–Kier alpha value is -2.56. The first-order valence-electron chi connectivity index (χ1n) is 10.5. The van der Waals surface area contributed by atoms with Crippen LogP contribution >= 0.6 is 0 Å². The molecule has 2 saturated carbocycles. The van der Waals surface area contributed by atoms with E-state index in [0.717, 1.165) is 22.6 Å². The molecule has 0 aliphatic heterocycles. The SMILES string of the molecule is COc1cc2ccccc2cc1C(=O)OC(C)C(=O)NC(C)C1CC2CCC1C2. The molecule has 5 nitrogen and oxygen atoms in total. The molecule has 1 amide bonds. The second kappa shape index (κ2) is 8.05. The summed E-state index contributed by atoms with van der Waals surface area (Å²) in [5.41, 5.74) is 0.326. The summed E-state index contributed by atoms with van der Waals surface area (Å²) < 4.78 is 10.9. The third-order valence-electron chi connectivity index (χ3n) is 6.75. The maximum absolute atomic E-state index is 12.7. The van der Waals surface area contributed by atoms with E-state index in [1.54, 1.807) is 13.0 Å². The van der Waals surface area contributed by atoms with Crippen LogP contribution in [0.2, 0.25) is 0 Å². The Morgan fingerprint density at radius 3 is 2.41 bits per heavy atom. The van der Waals surface area contributed by atoms with Gasteiger partial charge in [0.05, 0.1) is 7.11 Å². The van der Waals surface area contributed by atoms with Gasteiger partial charge in [-0.25, -0.2) is 4.79 Å². The average molecular weight is 395 g/mol. The van der Waals surface area contributed by atoms with Gasteiger partial charge >= 0.3 is 5.97 Å². The molecule has 2 aromatic rings. The lowest BCUT2D eigenvalue weighted by molar-refractivity contribution is -0.130. The number of hydrogen-bond donors (Lipinski definition) is 1. The molecule has 2 aliphatic carbocycles. The summed E-state index contributed by atoms with van der Waals surface area (Å²) in [4.78, 5) is 25.4. The standard InChI is InChI=1S/C24H29NO4/c1-14(20-11-16-8-9-19(20)10-16)25-23(26)15(2)29-24(27)21-12-17-6-4-5-7-18(17)13-22(21)28-3/h4-7,12-16,19-20H,8-11H2,1-3H3,(H,25,26). The van der Waals surface area contributed by atoms with E-state index in [9.17, 15) is 9.59 Å². The van der Waals surface area contributed by atoms with Crippen LogP contribution in [-0.2, 0) is 9.53 Å². The molecule has 0 heterocycles. The fraction of sp³-hybridized carbons (Fsp3) is 0.500. The van der Waals surface area contributed by atoms with Gasteiger partial charge < -0.3 is 14.8 Å². The van der Waals surface area contributed by atoms with Crippen molar-refractivity contribution in [2.75, 3.05) is 7.11 Å². The Morgan fingerprint density at radius 1 is 1.07 bits per heavy atom. The molecule has 1 N–H and O–H groups in total. The molecular weight excluding hydrogens is 366 g/mol. The first-order valence-corrected chi connectivity index (χ1v) is 10.5. The van der Waals surface area contributed by atoms with Crippen molar-refractivity contribution in [3.63, 3.8) is 0 Å². The van der Waals surface area contributed by atoms with Crippen molar-refractivity contribution in [2.45, 2.75) is 51.7 Å². The number of methoxy groups -OCH3 is 1. The van der Waals surface area contributed by atoms with Gasteiger partial charge in [0.15, 0.2) is 6.10 Å². The van der Waals surface area contributed by atoms with E-state index in [-0.39, 0.29) is 11.9 Å². The topological polar surface area (TPSA) is 64.6 Å². The highest BCUT2D eigenvalue weighted by atomic mass is 16.5. The zero-order valence-corrected chi connectivity index (χ0v) is 17.3. The quantitative estimate of drug-likeness (QED) is 0.739. The predicted molar refractivity (Wildman–Crippen MR) is 112 cm³/mol. The molecule has 4 rings (SSSR count). The highest BCUT2D eigenvalue weighted by Crippen LogP contribution is 2.49. The van der Waals surface area contributed by atoms with E-state index in [0.29, 0.717) is 17.2 Å². The minimum Gasteiger partial charge on any atom is -0.496 e. The van der Waals surface area contributed by atoms with Crippen molar-refractivity contribution in [1.29, 1.82) is 0 Å². The van der Waals surface area contributed by atoms with Crippen LogP contribution in [0.25, 0.3) is 10.8 Å². The molecule has 0 radical (unpaired) electrons. The molecule has 0 saturated heterocycles. The van der Waals surface area contributed by atoms with Crippen molar-refractivity contribution >= 4 is 22.6 Å². The fourth-order valence-electron chi connectivity index (χ4n) is 5.18. The number of hydrogen-bond acceptors (Lipinski definition) is 4. The van der Waals surface area contributed by atoms with E-state index in [1.165, 1.54) is 32.8 Å². The Kier molecular flexibility index (Phi) is 5.48. The summed E-state index contributed by atoms with van der Waals surface area (Å²) in [7, 11) is 1.52. The van der Waals surface area contributed by atoms with E-state index in [2.05, 4.69) is 12.2 Å². The number of esters is 1. The number of rotatable bonds is 6. The molecule has 2 fully saturated rings. The molecule has 2 bridgehead atoms. The third kappa shape index (κ3) is 3.96. The van der Waals surface area contributed by atoms with Crippen LogP contribution in [0.3, 0.4) is 0 Å². The van der Waals surface area contributed by atoms with Crippen molar-refractivity contribution in [3.05, 3.63) is 42.0 Å². The number of ether oxygens (including phenoxy) is 2. The van der Waals surface area contributed by atoms with E-state index < -0.39 is 12.1 Å². The van der Waals surface area contributed by atoms with Gasteiger partial charge in [0, 0.05) is 6.04 Å². The number of carbonyl (C=O) groups is 2. The van der Waals surface area contributed by atoms with Crippen LogP contribution < -0.4 is 10.1 Å². The van der Waals surface area contributed by atoms with Crippen LogP contribution in [0, 0.1) is 17.8 Å². The van der Waals surface area contributed by atoms with Crippen molar-refractivity contribution in [1.82, 2.24) is 5.32 Å². The van der Waals surface area contributed by atoms with Crippen LogP contribution in [0.4, 0.5) is 0 Å². The molecule has 2 aliphatic rings. The molecule has 5 heteroatoms. The molecule has 0 aromatic heterocycles. The first-order chi connectivity index (χ1) is 14.0. The Labute approximate surface area is 171 Å². The highest BCUT2D eigenvalue weighted by Gasteiger charge is 2.42. The number of fused-ring (bicyclic) bond motifs is 3. The van der Waals surface area contributed by atoms with Gasteiger partial charge in [0.25, 0.3) is 5.91 Å². The Morgan fingerprint density at radius 2 is 1.79 bits per heavy atom. The molecule has 2 aromatic carbocycles. The largest absolute Gasteiger partial charge is 0.496 e. The molecule has 154 valence electrons. The molecule has 29 heavy (non-hydrogen) atoms. The molecule has 5 unspecified atom stereocenters. The molecule has 0 spiro atoms. The zero-order chi connectivity index (χ0) is 20.5. The van der Waals surface area contributed by atoms with Gasteiger partial charge in [0.2, 0.25) is 0 Å². The van der Waals surface area contributed by atoms with Gasteiger partial charge in [-0.2, -0.15) is 0 Å². The van der Waals surface area contributed by atoms with Gasteiger partial charge in [-0.15, -0.1) is 0 Å². The van der Waals surface area contributed by atoms with E-state index in [4.69, 9.17) is 9.47 Å². The smallest absolute Gasteiger partial charge is 0.342 e. The normalized spacial score (nSPS) is 24.9. The van der Waals surface area contributed by atoms with E-state index >= 15 is 0 Å². The minimum absolute atomic E-state index is 0.106. The summed E-state index contributed by atoms with van der Waals surface area (Å²) in [6.07, 6.45) is 4.26. The number of carbonyl (C=O) groups excluding carboxylic acids is 2. The van der Waals surface area contributed by atoms with Gasteiger partial charge in [-0.05, 0) is 73.8 Å². The van der Waals surface area contributed by atoms with E-state index in [1.807, 2.05) is 30.3 Å². The lowest BCUT2D eigenvalue weighted by Crippen LogP contribution is -2.45. The molecular formula is C24H29NO4. The Balaban J connectivity index is 1.41. The monoisotopic (exact) mass is 395 g/mol. The van der Waals surface area contributed by atoms with Crippen molar-refractivity contribution in [2.24, 2.45) is 17.8 Å². The third-order valence-corrected chi connectivity index (χ3v) is 6.75. The lowest BCUT2D eigenvalue weighted by atomic mass is 9.84. The summed E-state index contributed by atoms with van der Waals surface area (Å²) >= 11 is 0. The minimum atomic E-state index is -0.861.